The predicted molar refractivity (Wildman–Crippen MR) is 130 cm³/mol. The second-order valence-electron chi connectivity index (χ2n) is 8.20. The fourth-order valence-corrected chi connectivity index (χ4v) is 6.02. The smallest absolute Gasteiger partial charge is 0.240 e. The van der Waals surface area contributed by atoms with Crippen molar-refractivity contribution in [2.75, 3.05) is 60.0 Å². The van der Waals surface area contributed by atoms with E-state index < -0.39 is 20.7 Å². The summed E-state index contributed by atoms with van der Waals surface area (Å²) in [5.41, 5.74) is 6.82. The number of ether oxygens (including phenoxy) is 1. The van der Waals surface area contributed by atoms with Gasteiger partial charge in [0.1, 0.15) is 6.33 Å². The molecule has 0 spiro atoms. The summed E-state index contributed by atoms with van der Waals surface area (Å²) < 4.78 is 31.4. The van der Waals surface area contributed by atoms with Crippen LogP contribution < -0.4 is 11.1 Å². The van der Waals surface area contributed by atoms with E-state index in [4.69, 9.17) is 10.5 Å². The predicted octanol–water partition coefficient (Wildman–Crippen LogP) is 0.643. The number of aromatic nitrogens is 2. The number of likely N-dealkylation sites (tertiary alicyclic amines) is 1. The molecule has 1 aliphatic rings. The van der Waals surface area contributed by atoms with Crippen LogP contribution in [0.4, 0.5) is 0 Å². The quantitative estimate of drug-likeness (QED) is 0.415. The summed E-state index contributed by atoms with van der Waals surface area (Å²) in [6, 6.07) is 0. The molecule has 0 radical (unpaired) electrons. The van der Waals surface area contributed by atoms with Crippen LogP contribution in [-0.2, 0) is 26.0 Å². The summed E-state index contributed by atoms with van der Waals surface area (Å²) in [7, 11) is -0.398. The number of rotatable bonds is 13. The molecule has 0 atom stereocenters. The number of amides is 1. The molecule has 190 valence electrons. The van der Waals surface area contributed by atoms with E-state index in [0.29, 0.717) is 45.8 Å². The first-order chi connectivity index (χ1) is 15.8. The maximum Gasteiger partial charge on any atom is 0.240 e. The third kappa shape index (κ3) is 8.56. The average Bonchev–Trinajstić information content (AvgIpc) is 2.81. The molecule has 1 saturated heterocycles. The molecule has 0 saturated carbocycles. The van der Waals surface area contributed by atoms with Crippen molar-refractivity contribution in [1.29, 1.82) is 0 Å². The minimum Gasteiger partial charge on any atom is -0.383 e. The molecule has 1 fully saturated rings. The van der Waals surface area contributed by atoms with Crippen LogP contribution in [0.1, 0.15) is 45.1 Å². The number of aryl methyl sites for hydroxylation is 1. The van der Waals surface area contributed by atoms with Gasteiger partial charge in [-0.15, -0.1) is 0 Å². The van der Waals surface area contributed by atoms with Gasteiger partial charge in [0.2, 0.25) is 15.9 Å². The van der Waals surface area contributed by atoms with E-state index in [1.165, 1.54) is 9.87 Å². The van der Waals surface area contributed by atoms with E-state index in [9.17, 15) is 13.2 Å². The van der Waals surface area contributed by atoms with E-state index in [1.807, 2.05) is 19.3 Å². The molecule has 1 amide bonds. The highest BCUT2D eigenvalue weighted by molar-refractivity contribution is 7.91. The first-order valence-corrected chi connectivity index (χ1v) is 13.1. The second kappa shape index (κ2) is 15.3. The van der Waals surface area contributed by atoms with Gasteiger partial charge >= 0.3 is 0 Å². The first kappa shape index (κ1) is 29.4. The van der Waals surface area contributed by atoms with Crippen LogP contribution in [0.3, 0.4) is 0 Å². The topological polar surface area (TPSA) is 131 Å². The van der Waals surface area contributed by atoms with Crippen LogP contribution in [0.15, 0.2) is 18.7 Å². The monoisotopic (exact) mass is 486 g/mol. The molecule has 0 bridgehead atoms. The lowest BCUT2D eigenvalue weighted by Gasteiger charge is -2.41. The average molecular weight is 487 g/mol. The van der Waals surface area contributed by atoms with Crippen LogP contribution in [0.25, 0.3) is 0 Å². The van der Waals surface area contributed by atoms with Gasteiger partial charge in [-0.05, 0) is 38.3 Å². The number of primary amides is 1. The van der Waals surface area contributed by atoms with Gasteiger partial charge in [0.25, 0.3) is 0 Å². The fourth-order valence-electron chi connectivity index (χ4n) is 3.82. The summed E-state index contributed by atoms with van der Waals surface area (Å²) in [5.74, 6) is -0.737. The van der Waals surface area contributed by atoms with Crippen molar-refractivity contribution in [2.24, 2.45) is 5.73 Å². The fraction of sp³-hybridized carbons (Fsp3) is 0.773. The van der Waals surface area contributed by atoms with Gasteiger partial charge < -0.3 is 20.7 Å². The second-order valence-corrected chi connectivity index (χ2v) is 10.4. The molecule has 0 aliphatic carbocycles. The Kier molecular flexibility index (Phi) is 13.6. The lowest BCUT2D eigenvalue weighted by Crippen LogP contribution is -2.61. The van der Waals surface area contributed by atoms with E-state index in [0.717, 1.165) is 19.4 Å². The van der Waals surface area contributed by atoms with Crippen molar-refractivity contribution in [3.8, 4) is 0 Å². The summed E-state index contributed by atoms with van der Waals surface area (Å²) in [4.78, 5) is 22.1. The summed E-state index contributed by atoms with van der Waals surface area (Å²) in [5, 5.41) is 2.96. The Balaban J connectivity index is 0.000000502. The first-order valence-electron chi connectivity index (χ1n) is 11.7. The molecular formula is C22H42N6O4S. The molecule has 1 aromatic heterocycles. The molecule has 1 aliphatic heterocycles. The number of nitrogens with two attached hydrogens (primary N) is 1. The maximum absolute atomic E-state index is 13.2. The number of hydrogen-bond donors (Lipinski definition) is 2. The molecule has 1 aromatic rings. The lowest BCUT2D eigenvalue weighted by atomic mass is 9.95. The van der Waals surface area contributed by atoms with E-state index >= 15 is 0 Å². The minimum atomic E-state index is -3.80. The van der Waals surface area contributed by atoms with Crippen molar-refractivity contribution in [3.63, 3.8) is 0 Å². The molecular weight excluding hydrogens is 444 g/mol. The van der Waals surface area contributed by atoms with Gasteiger partial charge in [0.05, 0.1) is 6.61 Å². The van der Waals surface area contributed by atoms with Gasteiger partial charge in [-0.1, -0.05) is 20.3 Å². The summed E-state index contributed by atoms with van der Waals surface area (Å²) in [6.07, 6.45) is 8.67. The Labute approximate surface area is 199 Å². The van der Waals surface area contributed by atoms with Crippen LogP contribution in [0.5, 0.6) is 0 Å². The largest absolute Gasteiger partial charge is 0.383 e. The van der Waals surface area contributed by atoms with Crippen molar-refractivity contribution >= 4 is 15.9 Å². The number of methoxy groups -OCH3 is 1. The zero-order chi connectivity index (χ0) is 24.7. The number of likely N-dealkylation sites (N-methyl/N-ethyl adjacent to an activating group) is 1. The number of nitrogens with one attached hydrogen (secondary N) is 1. The number of nitrogens with zero attached hydrogens (tertiary/aromatic N) is 4. The summed E-state index contributed by atoms with van der Waals surface area (Å²) in [6.45, 7) is 7.70. The Hall–Kier alpha value is -1.66. The molecule has 3 N–H and O–H groups in total. The van der Waals surface area contributed by atoms with Crippen molar-refractivity contribution in [2.45, 2.75) is 50.7 Å². The van der Waals surface area contributed by atoms with Gasteiger partial charge in [-0.3, -0.25) is 4.79 Å². The SMILES string of the molecule is CCCN(CCNC)S(=O)(=O)C1(C(N)=O)CCN(CCOC)CC1.CCCc1cncnc1. The minimum absolute atomic E-state index is 0.230. The number of hydrogen-bond acceptors (Lipinski definition) is 8. The molecule has 11 heteroatoms. The van der Waals surface area contributed by atoms with Crippen LogP contribution in [-0.4, -0.2) is 98.3 Å². The normalized spacial score (nSPS) is 16.3. The van der Waals surface area contributed by atoms with Crippen molar-refractivity contribution in [3.05, 3.63) is 24.3 Å². The van der Waals surface area contributed by atoms with Gasteiger partial charge in [0, 0.05) is 58.8 Å². The molecule has 0 aromatic carbocycles. The van der Waals surface area contributed by atoms with Crippen LogP contribution >= 0.6 is 0 Å². The van der Waals surface area contributed by atoms with Gasteiger partial charge in [0.15, 0.2) is 4.75 Å². The Bertz CT molecular complexity index is 770. The molecule has 2 rings (SSSR count). The van der Waals surface area contributed by atoms with Crippen molar-refractivity contribution in [1.82, 2.24) is 24.5 Å². The highest BCUT2D eigenvalue weighted by Crippen LogP contribution is 2.33. The van der Waals surface area contributed by atoms with Crippen molar-refractivity contribution < 1.29 is 17.9 Å². The van der Waals surface area contributed by atoms with E-state index in [1.54, 1.807) is 20.5 Å². The maximum atomic E-state index is 13.2. The van der Waals surface area contributed by atoms with Gasteiger partial charge in [-0.25, -0.2) is 18.4 Å². The number of carbonyl (C=O) groups is 1. The molecule has 33 heavy (non-hydrogen) atoms. The number of sulfonamides is 1. The lowest BCUT2D eigenvalue weighted by molar-refractivity contribution is -0.121. The third-order valence-corrected chi connectivity index (χ3v) is 8.44. The standard InChI is InChI=1S/C15H32N4O4S.C7H10N2/c1-4-8-19(11-7-17-2)24(21,22)15(14(16)20)5-9-18(10-6-15)12-13-23-3;1-2-3-7-4-8-6-9-5-7/h17H,4-13H2,1-3H3,(H2,16,20);4-6H,2-3H2,1H3. The van der Waals surface area contributed by atoms with Crippen LogP contribution in [0.2, 0.25) is 0 Å². The van der Waals surface area contributed by atoms with E-state index in [2.05, 4.69) is 27.1 Å². The van der Waals surface area contributed by atoms with E-state index in [-0.39, 0.29) is 12.8 Å². The highest BCUT2D eigenvalue weighted by Gasteiger charge is 2.53. The Morgan fingerprint density at radius 3 is 2.33 bits per heavy atom. The highest BCUT2D eigenvalue weighted by atomic mass is 32.2. The number of carbonyl (C=O) groups excluding carboxylic acids is 1. The van der Waals surface area contributed by atoms with Gasteiger partial charge in [-0.2, -0.15) is 4.31 Å². The number of piperidine rings is 1. The van der Waals surface area contributed by atoms with Crippen LogP contribution in [0, 0.1) is 0 Å². The summed E-state index contributed by atoms with van der Waals surface area (Å²) >= 11 is 0. The third-order valence-electron chi connectivity index (χ3n) is 5.80. The zero-order valence-corrected chi connectivity index (χ0v) is 21.4. The molecule has 0 unspecified atom stereocenters. The molecule has 2 heterocycles. The Morgan fingerprint density at radius 2 is 1.85 bits per heavy atom. The molecule has 10 nitrogen and oxygen atoms in total. The zero-order valence-electron chi connectivity index (χ0n) is 20.6. The Morgan fingerprint density at radius 1 is 1.21 bits per heavy atom.